The van der Waals surface area contributed by atoms with Crippen molar-refractivity contribution in [2.45, 2.75) is 49.6 Å². The Morgan fingerprint density at radius 3 is 2.26 bits per heavy atom. The molecule has 0 saturated heterocycles. The molecule has 4 rings (SSSR count). The van der Waals surface area contributed by atoms with Gasteiger partial charge in [0.05, 0.1) is 36.4 Å². The molecule has 204 valence electrons. The molecular weight excluding hydrogens is 530 g/mol. The maximum Gasteiger partial charge on any atom is 0.325 e. The molecule has 38 heavy (non-hydrogen) atoms. The highest BCUT2D eigenvalue weighted by Crippen LogP contribution is 2.33. The molecule has 1 aromatic heterocycles. The molecule has 0 N–H and O–H groups in total. The first-order valence-corrected chi connectivity index (χ1v) is 14.4. The van der Waals surface area contributed by atoms with Crippen LogP contribution in [0.3, 0.4) is 0 Å². The number of nitrogens with zero attached hydrogens (tertiary/aromatic N) is 3. The van der Waals surface area contributed by atoms with E-state index in [1.54, 1.807) is 23.7 Å². The van der Waals surface area contributed by atoms with Gasteiger partial charge >= 0.3 is 5.97 Å². The van der Waals surface area contributed by atoms with Crippen LogP contribution in [0.5, 0.6) is 11.5 Å². The summed E-state index contributed by atoms with van der Waals surface area (Å²) in [6.45, 7) is -0.164. The summed E-state index contributed by atoms with van der Waals surface area (Å²) in [5.74, 6) is -0.118. The lowest BCUT2D eigenvalue weighted by molar-refractivity contribution is -0.141. The second-order valence-electron chi connectivity index (χ2n) is 8.98. The summed E-state index contributed by atoms with van der Waals surface area (Å²) in [4.78, 5) is 29.9. The number of methoxy groups -OCH3 is 3. The highest BCUT2D eigenvalue weighted by Gasteiger charge is 2.29. The molecule has 0 bridgehead atoms. The number of aromatic nitrogens is 1. The van der Waals surface area contributed by atoms with Gasteiger partial charge in [-0.2, -0.15) is 9.30 Å². The number of esters is 1. The second-order valence-corrected chi connectivity index (χ2v) is 12.0. The van der Waals surface area contributed by atoms with Gasteiger partial charge in [0.25, 0.3) is 5.91 Å². The van der Waals surface area contributed by atoms with Gasteiger partial charge in [0, 0.05) is 30.8 Å². The largest absolute Gasteiger partial charge is 0.493 e. The van der Waals surface area contributed by atoms with E-state index in [1.807, 2.05) is 0 Å². The molecule has 1 fully saturated rings. The molecule has 0 spiro atoms. The SMILES string of the molecule is COC(=O)Cn1c(=NC(=O)c2ccc(S(=O)(=O)N(C)C3CCCCC3)cc2)sc2cc(OC)c(OC)cc21. The molecule has 1 aliphatic carbocycles. The van der Waals surface area contributed by atoms with Gasteiger partial charge in [-0.25, -0.2) is 8.42 Å². The molecule has 1 heterocycles. The Kier molecular flexibility index (Phi) is 8.54. The minimum atomic E-state index is -3.68. The van der Waals surface area contributed by atoms with Crippen molar-refractivity contribution in [3.8, 4) is 11.5 Å². The number of rotatable bonds is 8. The van der Waals surface area contributed by atoms with Crippen LogP contribution in [0.25, 0.3) is 10.2 Å². The van der Waals surface area contributed by atoms with Gasteiger partial charge in [-0.3, -0.25) is 9.59 Å². The molecule has 1 amide bonds. The minimum Gasteiger partial charge on any atom is -0.493 e. The predicted octanol–water partition coefficient (Wildman–Crippen LogP) is 3.59. The van der Waals surface area contributed by atoms with Crippen molar-refractivity contribution < 1.29 is 32.2 Å². The van der Waals surface area contributed by atoms with Crippen LogP contribution >= 0.6 is 11.3 Å². The Morgan fingerprint density at radius 1 is 1.03 bits per heavy atom. The van der Waals surface area contributed by atoms with E-state index < -0.39 is 21.9 Å². The van der Waals surface area contributed by atoms with Crippen LogP contribution in [-0.4, -0.2) is 63.6 Å². The van der Waals surface area contributed by atoms with Crippen molar-refractivity contribution in [2.75, 3.05) is 28.4 Å². The number of carbonyl (C=O) groups is 2. The van der Waals surface area contributed by atoms with E-state index in [0.29, 0.717) is 17.0 Å². The van der Waals surface area contributed by atoms with E-state index in [-0.39, 0.29) is 27.8 Å². The summed E-state index contributed by atoms with van der Waals surface area (Å²) in [5.41, 5.74) is 0.846. The summed E-state index contributed by atoms with van der Waals surface area (Å²) < 4.78 is 45.6. The Balaban J connectivity index is 1.68. The standard InChI is InChI=1S/C26H31N3O7S2/c1-28(18-8-6-5-7-9-18)38(32,33)19-12-10-17(11-13-19)25(31)27-26-29(16-24(30)36-4)20-14-21(34-2)22(35-3)15-23(20)37-26/h10-15,18H,5-9,16H2,1-4H3. The average molecular weight is 562 g/mol. The first kappa shape index (κ1) is 27.8. The van der Waals surface area contributed by atoms with Gasteiger partial charge in [0.2, 0.25) is 10.0 Å². The van der Waals surface area contributed by atoms with Gasteiger partial charge < -0.3 is 18.8 Å². The van der Waals surface area contributed by atoms with E-state index >= 15 is 0 Å². The third kappa shape index (κ3) is 5.62. The lowest BCUT2D eigenvalue weighted by Gasteiger charge is -2.30. The summed E-state index contributed by atoms with van der Waals surface area (Å²) in [6, 6.07) is 9.22. The van der Waals surface area contributed by atoms with Crippen molar-refractivity contribution >= 4 is 43.5 Å². The quantitative estimate of drug-likeness (QED) is 0.386. The third-order valence-electron chi connectivity index (χ3n) is 6.77. The Labute approximate surface area is 225 Å². The lowest BCUT2D eigenvalue weighted by Crippen LogP contribution is -2.38. The lowest BCUT2D eigenvalue weighted by atomic mass is 9.96. The Bertz CT molecular complexity index is 1500. The van der Waals surface area contributed by atoms with Crippen molar-refractivity contribution in [1.29, 1.82) is 0 Å². The maximum absolute atomic E-state index is 13.1. The maximum atomic E-state index is 13.1. The molecule has 2 aromatic carbocycles. The van der Waals surface area contributed by atoms with Gasteiger partial charge in [-0.05, 0) is 37.1 Å². The first-order valence-electron chi connectivity index (χ1n) is 12.2. The first-order chi connectivity index (χ1) is 18.2. The van der Waals surface area contributed by atoms with Crippen LogP contribution in [0.2, 0.25) is 0 Å². The fourth-order valence-electron chi connectivity index (χ4n) is 4.56. The van der Waals surface area contributed by atoms with Gasteiger partial charge in [-0.15, -0.1) is 0 Å². The van der Waals surface area contributed by atoms with Crippen LogP contribution in [0.4, 0.5) is 0 Å². The second kappa shape index (κ2) is 11.7. The minimum absolute atomic E-state index is 0.0134. The normalized spacial score (nSPS) is 15.1. The molecular formula is C26H31N3O7S2. The molecule has 0 radical (unpaired) electrons. The molecule has 10 nitrogen and oxygen atoms in total. The highest BCUT2D eigenvalue weighted by atomic mass is 32.2. The number of benzene rings is 2. The summed E-state index contributed by atoms with van der Waals surface area (Å²) in [7, 11) is 2.24. The topological polar surface area (TPSA) is 117 Å². The van der Waals surface area contributed by atoms with Crippen LogP contribution in [-0.2, 0) is 26.1 Å². The smallest absolute Gasteiger partial charge is 0.325 e. The molecule has 12 heteroatoms. The van der Waals surface area contributed by atoms with Crippen LogP contribution in [0, 0.1) is 0 Å². The zero-order valence-corrected chi connectivity index (χ0v) is 23.4. The highest BCUT2D eigenvalue weighted by molar-refractivity contribution is 7.89. The fourth-order valence-corrected chi connectivity index (χ4v) is 7.01. The monoisotopic (exact) mass is 561 g/mol. The molecule has 1 saturated carbocycles. The third-order valence-corrected chi connectivity index (χ3v) is 9.73. The van der Waals surface area contributed by atoms with Crippen molar-refractivity contribution in [1.82, 2.24) is 8.87 Å². The Hall–Kier alpha value is -3.22. The number of hydrogen-bond donors (Lipinski definition) is 0. The molecule has 0 unspecified atom stereocenters. The fraction of sp³-hybridized carbons (Fsp3) is 0.423. The number of sulfonamides is 1. The van der Waals surface area contributed by atoms with Crippen LogP contribution in [0.1, 0.15) is 42.5 Å². The number of amides is 1. The van der Waals surface area contributed by atoms with E-state index in [4.69, 9.17) is 14.2 Å². The molecule has 1 aliphatic rings. The van der Waals surface area contributed by atoms with Gasteiger partial charge in [-0.1, -0.05) is 30.6 Å². The molecule has 0 aliphatic heterocycles. The Morgan fingerprint density at radius 2 is 1.66 bits per heavy atom. The van der Waals surface area contributed by atoms with E-state index in [9.17, 15) is 18.0 Å². The number of carbonyl (C=O) groups excluding carboxylic acids is 2. The zero-order valence-electron chi connectivity index (χ0n) is 21.8. The number of ether oxygens (including phenoxy) is 3. The number of thiazole rings is 1. The van der Waals surface area contributed by atoms with Crippen molar-refractivity contribution in [2.24, 2.45) is 4.99 Å². The number of hydrogen-bond acceptors (Lipinski definition) is 8. The van der Waals surface area contributed by atoms with Gasteiger partial charge in [0.15, 0.2) is 16.3 Å². The van der Waals surface area contributed by atoms with Crippen LogP contribution < -0.4 is 14.3 Å². The summed E-state index contributed by atoms with van der Waals surface area (Å²) in [5, 5.41) is 0. The van der Waals surface area contributed by atoms with Crippen LogP contribution in [0.15, 0.2) is 46.3 Å². The summed E-state index contributed by atoms with van der Waals surface area (Å²) >= 11 is 1.20. The van der Waals surface area contributed by atoms with Gasteiger partial charge in [0.1, 0.15) is 6.54 Å². The number of fused-ring (bicyclic) bond motifs is 1. The van der Waals surface area contributed by atoms with E-state index in [1.165, 1.54) is 61.2 Å². The summed E-state index contributed by atoms with van der Waals surface area (Å²) in [6.07, 6.45) is 4.87. The predicted molar refractivity (Wildman–Crippen MR) is 143 cm³/mol. The van der Waals surface area contributed by atoms with E-state index in [2.05, 4.69) is 4.99 Å². The molecule has 0 atom stereocenters. The zero-order chi connectivity index (χ0) is 27.4. The van der Waals surface area contributed by atoms with Crippen molar-refractivity contribution in [3.63, 3.8) is 0 Å². The van der Waals surface area contributed by atoms with Crippen molar-refractivity contribution in [3.05, 3.63) is 46.8 Å². The average Bonchev–Trinajstić information content (AvgIpc) is 3.27. The van der Waals surface area contributed by atoms with E-state index in [0.717, 1.165) is 36.8 Å². The molecule has 3 aromatic rings.